The molecule has 1 aromatic rings. The van der Waals surface area contributed by atoms with Crippen molar-refractivity contribution in [1.29, 1.82) is 0 Å². The van der Waals surface area contributed by atoms with Crippen LogP contribution in [0.25, 0.3) is 0 Å². The first-order valence-electron chi connectivity index (χ1n) is 4.63. The SMILES string of the molecule is Cc1cccc(C(=O)CCC(=O)ON)c1. The number of ketones is 1. The van der Waals surface area contributed by atoms with Crippen LogP contribution < -0.4 is 5.90 Å². The third kappa shape index (κ3) is 3.52. The lowest BCUT2D eigenvalue weighted by atomic mass is 10.0. The first-order chi connectivity index (χ1) is 7.13. The van der Waals surface area contributed by atoms with Crippen LogP contribution in [0.5, 0.6) is 0 Å². The number of benzene rings is 1. The smallest absolute Gasteiger partial charge is 0.324 e. The summed E-state index contributed by atoms with van der Waals surface area (Å²) < 4.78 is 0. The molecule has 15 heavy (non-hydrogen) atoms. The standard InChI is InChI=1S/C11H13NO3/c1-8-3-2-4-9(7-8)10(13)5-6-11(14)15-12/h2-4,7H,5-6,12H2,1H3. The second kappa shape index (κ2) is 5.26. The van der Waals surface area contributed by atoms with Gasteiger partial charge in [-0.05, 0) is 13.0 Å². The number of nitrogens with two attached hydrogens (primary N) is 1. The van der Waals surface area contributed by atoms with Crippen molar-refractivity contribution < 1.29 is 14.4 Å². The molecule has 80 valence electrons. The van der Waals surface area contributed by atoms with Gasteiger partial charge in [0, 0.05) is 12.0 Å². The summed E-state index contributed by atoms with van der Waals surface area (Å²) in [4.78, 5) is 26.3. The van der Waals surface area contributed by atoms with Crippen molar-refractivity contribution in [2.45, 2.75) is 19.8 Å². The van der Waals surface area contributed by atoms with Gasteiger partial charge in [-0.15, -0.1) is 0 Å². The summed E-state index contributed by atoms with van der Waals surface area (Å²) in [7, 11) is 0. The zero-order valence-corrected chi connectivity index (χ0v) is 8.53. The predicted molar refractivity (Wildman–Crippen MR) is 55.0 cm³/mol. The molecule has 1 aromatic carbocycles. The summed E-state index contributed by atoms with van der Waals surface area (Å²) in [5.41, 5.74) is 1.63. The Bertz CT molecular complexity index is 374. The number of hydrogen-bond donors (Lipinski definition) is 1. The van der Waals surface area contributed by atoms with Crippen molar-refractivity contribution in [1.82, 2.24) is 0 Å². The van der Waals surface area contributed by atoms with E-state index in [-0.39, 0.29) is 18.6 Å². The van der Waals surface area contributed by atoms with Gasteiger partial charge in [0.25, 0.3) is 0 Å². The molecule has 0 heterocycles. The summed E-state index contributed by atoms with van der Waals surface area (Å²) in [6, 6.07) is 7.23. The van der Waals surface area contributed by atoms with Crippen LogP contribution in [0.15, 0.2) is 24.3 Å². The molecular weight excluding hydrogens is 194 g/mol. The van der Waals surface area contributed by atoms with E-state index in [9.17, 15) is 9.59 Å². The maximum absolute atomic E-state index is 11.6. The van der Waals surface area contributed by atoms with E-state index in [1.54, 1.807) is 12.1 Å². The Morgan fingerprint density at radius 1 is 1.33 bits per heavy atom. The van der Waals surface area contributed by atoms with Crippen LogP contribution >= 0.6 is 0 Å². The fraction of sp³-hybridized carbons (Fsp3) is 0.273. The zero-order chi connectivity index (χ0) is 11.3. The first kappa shape index (κ1) is 11.4. The van der Waals surface area contributed by atoms with Gasteiger partial charge in [0.05, 0.1) is 6.42 Å². The van der Waals surface area contributed by atoms with Gasteiger partial charge >= 0.3 is 5.97 Å². The van der Waals surface area contributed by atoms with Crippen molar-refractivity contribution in [3.63, 3.8) is 0 Å². The van der Waals surface area contributed by atoms with E-state index in [0.717, 1.165) is 5.56 Å². The van der Waals surface area contributed by atoms with Gasteiger partial charge in [0.15, 0.2) is 5.78 Å². The quantitative estimate of drug-likeness (QED) is 0.598. The summed E-state index contributed by atoms with van der Waals surface area (Å²) >= 11 is 0. The van der Waals surface area contributed by atoms with Crippen LogP contribution in [0.4, 0.5) is 0 Å². The van der Waals surface area contributed by atoms with Crippen LogP contribution in [0, 0.1) is 6.92 Å². The Balaban J connectivity index is 2.58. The first-order valence-corrected chi connectivity index (χ1v) is 4.63. The van der Waals surface area contributed by atoms with Crippen LogP contribution in [-0.2, 0) is 9.63 Å². The highest BCUT2D eigenvalue weighted by molar-refractivity contribution is 5.97. The minimum atomic E-state index is -0.573. The molecule has 0 saturated carbocycles. The van der Waals surface area contributed by atoms with Crippen LogP contribution in [0.3, 0.4) is 0 Å². The lowest BCUT2D eigenvalue weighted by Gasteiger charge is -2.01. The van der Waals surface area contributed by atoms with Crippen LogP contribution in [-0.4, -0.2) is 11.8 Å². The average molecular weight is 207 g/mol. The zero-order valence-electron chi connectivity index (χ0n) is 8.53. The van der Waals surface area contributed by atoms with Gasteiger partial charge in [0.1, 0.15) is 0 Å². The molecule has 0 radical (unpaired) electrons. The fourth-order valence-electron chi connectivity index (χ4n) is 1.24. The Hall–Kier alpha value is -1.68. The second-order valence-corrected chi connectivity index (χ2v) is 3.28. The summed E-state index contributed by atoms with van der Waals surface area (Å²) in [5.74, 6) is 4.01. The van der Waals surface area contributed by atoms with E-state index in [1.807, 2.05) is 19.1 Å². The van der Waals surface area contributed by atoms with Crippen molar-refractivity contribution in [3.8, 4) is 0 Å². The Morgan fingerprint density at radius 3 is 2.67 bits per heavy atom. The van der Waals surface area contributed by atoms with Gasteiger partial charge in [-0.25, -0.2) is 0 Å². The summed E-state index contributed by atoms with van der Waals surface area (Å²) in [6.45, 7) is 1.91. The minimum absolute atomic E-state index is 0.0171. The third-order valence-electron chi connectivity index (χ3n) is 2.03. The molecule has 0 atom stereocenters. The number of hydrogen-bond acceptors (Lipinski definition) is 4. The molecule has 0 spiro atoms. The summed E-state index contributed by atoms with van der Waals surface area (Å²) in [6.07, 6.45) is 0.142. The van der Waals surface area contributed by atoms with Crippen LogP contribution in [0.1, 0.15) is 28.8 Å². The van der Waals surface area contributed by atoms with E-state index in [2.05, 4.69) is 10.7 Å². The molecule has 4 nitrogen and oxygen atoms in total. The molecule has 0 bridgehead atoms. The molecule has 0 aliphatic carbocycles. The molecule has 2 N–H and O–H groups in total. The van der Waals surface area contributed by atoms with Gasteiger partial charge < -0.3 is 4.84 Å². The highest BCUT2D eigenvalue weighted by atomic mass is 16.7. The van der Waals surface area contributed by atoms with Gasteiger partial charge in [-0.1, -0.05) is 23.8 Å². The maximum atomic E-state index is 11.6. The van der Waals surface area contributed by atoms with Crippen molar-refractivity contribution in [3.05, 3.63) is 35.4 Å². The number of carbonyl (C=O) groups excluding carboxylic acids is 2. The molecule has 0 aromatic heterocycles. The van der Waals surface area contributed by atoms with E-state index in [4.69, 9.17) is 0 Å². The van der Waals surface area contributed by atoms with Gasteiger partial charge in [0.2, 0.25) is 0 Å². The summed E-state index contributed by atoms with van der Waals surface area (Å²) in [5, 5.41) is 0. The van der Waals surface area contributed by atoms with E-state index < -0.39 is 5.97 Å². The molecule has 0 unspecified atom stereocenters. The van der Waals surface area contributed by atoms with Crippen LogP contribution in [0.2, 0.25) is 0 Å². The highest BCUT2D eigenvalue weighted by Gasteiger charge is 2.09. The molecule has 1 rings (SSSR count). The third-order valence-corrected chi connectivity index (χ3v) is 2.03. The normalized spacial score (nSPS) is 9.73. The molecule has 0 fully saturated rings. The Morgan fingerprint density at radius 2 is 2.07 bits per heavy atom. The van der Waals surface area contributed by atoms with Crippen molar-refractivity contribution >= 4 is 11.8 Å². The topological polar surface area (TPSA) is 69.4 Å². The molecule has 0 saturated heterocycles. The fourth-order valence-corrected chi connectivity index (χ4v) is 1.24. The monoisotopic (exact) mass is 207 g/mol. The van der Waals surface area contributed by atoms with Crippen molar-refractivity contribution in [2.75, 3.05) is 0 Å². The second-order valence-electron chi connectivity index (χ2n) is 3.28. The van der Waals surface area contributed by atoms with E-state index in [0.29, 0.717) is 5.56 Å². The number of Topliss-reactive ketones (excluding diaryl/α,β-unsaturated/α-hetero) is 1. The molecule has 0 aliphatic rings. The lowest BCUT2D eigenvalue weighted by Crippen LogP contribution is -2.11. The molecular formula is C11H13NO3. The highest BCUT2D eigenvalue weighted by Crippen LogP contribution is 2.08. The van der Waals surface area contributed by atoms with E-state index >= 15 is 0 Å². The van der Waals surface area contributed by atoms with Crippen molar-refractivity contribution in [2.24, 2.45) is 5.90 Å². The maximum Gasteiger partial charge on any atom is 0.324 e. The largest absolute Gasteiger partial charge is 0.373 e. The Kier molecular flexibility index (Phi) is 4.00. The number of carbonyl (C=O) groups is 2. The molecule has 0 aliphatic heterocycles. The molecule has 0 amide bonds. The molecule has 4 heteroatoms. The van der Waals surface area contributed by atoms with Gasteiger partial charge in [-0.2, -0.15) is 5.90 Å². The average Bonchev–Trinajstić information content (AvgIpc) is 2.25. The Labute approximate surface area is 88.0 Å². The minimum Gasteiger partial charge on any atom is -0.373 e. The van der Waals surface area contributed by atoms with E-state index in [1.165, 1.54) is 0 Å². The number of aryl methyl sites for hydroxylation is 1. The number of rotatable bonds is 4. The van der Waals surface area contributed by atoms with Gasteiger partial charge in [-0.3, -0.25) is 9.59 Å². The predicted octanol–water partition coefficient (Wildman–Crippen LogP) is 1.37. The lowest BCUT2D eigenvalue weighted by molar-refractivity contribution is -0.144.